The molecule has 0 saturated carbocycles. The van der Waals surface area contributed by atoms with Crippen molar-refractivity contribution in [2.45, 2.75) is 13.3 Å². The largest absolute Gasteiger partial charge is 0.508 e. The number of hydrogen-bond donors (Lipinski definition) is 3. The van der Waals surface area contributed by atoms with Crippen molar-refractivity contribution in [3.63, 3.8) is 0 Å². The molecule has 0 radical (unpaired) electrons. The third kappa shape index (κ3) is 3.72. The molecule has 0 aliphatic carbocycles. The normalized spacial score (nSPS) is 10.2. The SMILES string of the molecule is CC/C=C\NNC(=O)c1ccc(O)cc1. The van der Waals surface area contributed by atoms with Gasteiger partial charge in [0.25, 0.3) is 5.91 Å². The highest BCUT2D eigenvalue weighted by molar-refractivity contribution is 5.93. The van der Waals surface area contributed by atoms with E-state index in [1.807, 2.05) is 13.0 Å². The second-order valence-electron chi connectivity index (χ2n) is 2.96. The lowest BCUT2D eigenvalue weighted by atomic mass is 10.2. The average molecular weight is 206 g/mol. The van der Waals surface area contributed by atoms with Gasteiger partial charge < -0.3 is 10.5 Å². The minimum atomic E-state index is -0.240. The van der Waals surface area contributed by atoms with Gasteiger partial charge in [-0.25, -0.2) is 0 Å². The summed E-state index contributed by atoms with van der Waals surface area (Å²) in [5.41, 5.74) is 5.64. The van der Waals surface area contributed by atoms with Gasteiger partial charge in [0.15, 0.2) is 0 Å². The van der Waals surface area contributed by atoms with Crippen LogP contribution in [-0.2, 0) is 0 Å². The van der Waals surface area contributed by atoms with Crippen molar-refractivity contribution in [3.05, 3.63) is 42.1 Å². The molecular formula is C11H14N2O2. The van der Waals surface area contributed by atoms with Crippen LogP contribution in [0.1, 0.15) is 23.7 Å². The smallest absolute Gasteiger partial charge is 0.269 e. The van der Waals surface area contributed by atoms with E-state index in [0.29, 0.717) is 5.56 Å². The van der Waals surface area contributed by atoms with Gasteiger partial charge in [0, 0.05) is 11.8 Å². The molecule has 0 unspecified atom stereocenters. The second-order valence-corrected chi connectivity index (χ2v) is 2.96. The number of benzene rings is 1. The molecule has 0 atom stereocenters. The fourth-order valence-corrected chi connectivity index (χ4v) is 0.969. The Hall–Kier alpha value is -1.97. The van der Waals surface area contributed by atoms with Crippen molar-refractivity contribution in [1.29, 1.82) is 0 Å². The maximum atomic E-state index is 11.4. The van der Waals surface area contributed by atoms with Crippen molar-refractivity contribution >= 4 is 5.91 Å². The predicted octanol–water partition coefficient (Wildman–Crippen LogP) is 1.55. The number of aromatic hydroxyl groups is 1. The van der Waals surface area contributed by atoms with Gasteiger partial charge in [0.1, 0.15) is 5.75 Å². The number of phenolic OH excluding ortho intramolecular Hbond substituents is 1. The van der Waals surface area contributed by atoms with E-state index >= 15 is 0 Å². The number of carbonyl (C=O) groups excluding carboxylic acids is 1. The Labute approximate surface area is 88.6 Å². The average Bonchev–Trinajstić information content (AvgIpc) is 2.25. The van der Waals surface area contributed by atoms with Crippen LogP contribution >= 0.6 is 0 Å². The molecule has 80 valence electrons. The van der Waals surface area contributed by atoms with E-state index in [-0.39, 0.29) is 11.7 Å². The van der Waals surface area contributed by atoms with E-state index in [9.17, 15) is 4.79 Å². The van der Waals surface area contributed by atoms with Crippen LogP contribution in [-0.4, -0.2) is 11.0 Å². The Morgan fingerprint density at radius 3 is 2.67 bits per heavy atom. The number of rotatable bonds is 4. The number of carbonyl (C=O) groups is 1. The number of hydrazine groups is 1. The zero-order valence-corrected chi connectivity index (χ0v) is 8.53. The molecule has 0 aliphatic heterocycles. The zero-order valence-electron chi connectivity index (χ0n) is 8.53. The third-order valence-electron chi connectivity index (χ3n) is 1.75. The fourth-order valence-electron chi connectivity index (χ4n) is 0.969. The highest BCUT2D eigenvalue weighted by Gasteiger charge is 2.02. The summed E-state index contributed by atoms with van der Waals surface area (Å²) >= 11 is 0. The first-order valence-corrected chi connectivity index (χ1v) is 4.74. The molecule has 1 aromatic rings. The van der Waals surface area contributed by atoms with Crippen LogP contribution in [0.25, 0.3) is 0 Å². The number of amides is 1. The molecule has 0 aliphatic rings. The van der Waals surface area contributed by atoms with Gasteiger partial charge in [-0.3, -0.25) is 10.2 Å². The van der Waals surface area contributed by atoms with Gasteiger partial charge in [0.05, 0.1) is 0 Å². The van der Waals surface area contributed by atoms with Crippen LogP contribution in [0.2, 0.25) is 0 Å². The first-order valence-electron chi connectivity index (χ1n) is 4.74. The van der Waals surface area contributed by atoms with Crippen LogP contribution in [0.4, 0.5) is 0 Å². The summed E-state index contributed by atoms with van der Waals surface area (Å²) in [5.74, 6) is -0.0962. The Morgan fingerprint density at radius 2 is 2.07 bits per heavy atom. The molecule has 0 heterocycles. The molecule has 15 heavy (non-hydrogen) atoms. The second kappa shape index (κ2) is 5.70. The molecule has 0 fully saturated rings. The molecule has 0 bridgehead atoms. The Bertz CT molecular complexity index is 344. The number of phenols is 1. The molecule has 0 aromatic heterocycles. The summed E-state index contributed by atoms with van der Waals surface area (Å²) in [4.78, 5) is 11.4. The molecule has 4 nitrogen and oxygen atoms in total. The molecule has 0 saturated heterocycles. The Morgan fingerprint density at radius 1 is 1.40 bits per heavy atom. The van der Waals surface area contributed by atoms with E-state index in [4.69, 9.17) is 5.11 Å². The number of nitrogens with one attached hydrogen (secondary N) is 2. The maximum absolute atomic E-state index is 11.4. The van der Waals surface area contributed by atoms with Gasteiger partial charge in [0.2, 0.25) is 0 Å². The van der Waals surface area contributed by atoms with Gasteiger partial charge in [-0.05, 0) is 30.7 Å². The lowest BCUT2D eigenvalue weighted by Gasteiger charge is -2.03. The molecule has 1 aromatic carbocycles. The molecule has 1 rings (SSSR count). The zero-order chi connectivity index (χ0) is 11.1. The van der Waals surface area contributed by atoms with Crippen LogP contribution in [0.5, 0.6) is 5.75 Å². The Balaban J connectivity index is 2.47. The summed E-state index contributed by atoms with van der Waals surface area (Å²) in [5, 5.41) is 9.03. The summed E-state index contributed by atoms with van der Waals surface area (Å²) in [7, 11) is 0. The van der Waals surface area contributed by atoms with Crippen molar-refractivity contribution in [2.75, 3.05) is 0 Å². The molecular weight excluding hydrogens is 192 g/mol. The van der Waals surface area contributed by atoms with Gasteiger partial charge >= 0.3 is 0 Å². The van der Waals surface area contributed by atoms with Gasteiger partial charge in [-0.2, -0.15) is 0 Å². The van der Waals surface area contributed by atoms with Crippen molar-refractivity contribution in [3.8, 4) is 5.75 Å². The van der Waals surface area contributed by atoms with E-state index in [1.165, 1.54) is 12.1 Å². The standard InChI is InChI=1S/C11H14N2O2/c1-2-3-8-12-13-11(15)9-4-6-10(14)7-5-9/h3-8,12,14H,2H2,1H3,(H,13,15)/b8-3-. The van der Waals surface area contributed by atoms with E-state index in [0.717, 1.165) is 6.42 Å². The van der Waals surface area contributed by atoms with E-state index in [1.54, 1.807) is 18.3 Å². The van der Waals surface area contributed by atoms with Crippen LogP contribution in [0, 0.1) is 0 Å². The van der Waals surface area contributed by atoms with E-state index < -0.39 is 0 Å². The third-order valence-corrected chi connectivity index (χ3v) is 1.75. The highest BCUT2D eigenvalue weighted by Crippen LogP contribution is 2.08. The molecule has 1 amide bonds. The summed E-state index contributed by atoms with van der Waals surface area (Å²) in [6.45, 7) is 2.00. The van der Waals surface area contributed by atoms with Crippen molar-refractivity contribution in [1.82, 2.24) is 10.9 Å². The number of allylic oxidation sites excluding steroid dienone is 1. The quantitative estimate of drug-likeness (QED) is 0.655. The lowest BCUT2D eigenvalue weighted by Crippen LogP contribution is -2.33. The minimum Gasteiger partial charge on any atom is -0.508 e. The lowest BCUT2D eigenvalue weighted by molar-refractivity contribution is 0.0941. The first-order chi connectivity index (χ1) is 7.24. The Kier molecular flexibility index (Phi) is 4.22. The van der Waals surface area contributed by atoms with Crippen LogP contribution < -0.4 is 10.9 Å². The maximum Gasteiger partial charge on any atom is 0.269 e. The van der Waals surface area contributed by atoms with Gasteiger partial charge in [-0.1, -0.05) is 13.0 Å². The highest BCUT2D eigenvalue weighted by atomic mass is 16.3. The summed E-state index contributed by atoms with van der Waals surface area (Å²) in [6, 6.07) is 6.04. The minimum absolute atomic E-state index is 0.144. The summed E-state index contributed by atoms with van der Waals surface area (Å²) < 4.78 is 0. The van der Waals surface area contributed by atoms with Crippen LogP contribution in [0.15, 0.2) is 36.5 Å². The molecule has 3 N–H and O–H groups in total. The number of hydrogen-bond acceptors (Lipinski definition) is 3. The van der Waals surface area contributed by atoms with Crippen molar-refractivity contribution < 1.29 is 9.90 Å². The summed E-state index contributed by atoms with van der Waals surface area (Å²) in [6.07, 6.45) is 4.46. The van der Waals surface area contributed by atoms with Gasteiger partial charge in [-0.15, -0.1) is 0 Å². The van der Waals surface area contributed by atoms with Crippen molar-refractivity contribution in [2.24, 2.45) is 0 Å². The molecule has 4 heteroatoms. The molecule has 0 spiro atoms. The predicted molar refractivity (Wildman–Crippen MR) is 58.1 cm³/mol. The van der Waals surface area contributed by atoms with E-state index in [2.05, 4.69) is 10.9 Å². The van der Waals surface area contributed by atoms with Crippen LogP contribution in [0.3, 0.4) is 0 Å². The monoisotopic (exact) mass is 206 g/mol. The topological polar surface area (TPSA) is 61.4 Å². The first kappa shape index (κ1) is 11.1. The fraction of sp³-hybridized carbons (Fsp3) is 0.182.